The van der Waals surface area contributed by atoms with Crippen molar-refractivity contribution < 1.29 is 22.7 Å². The van der Waals surface area contributed by atoms with Gasteiger partial charge in [0.05, 0.1) is 11.9 Å². The van der Waals surface area contributed by atoms with E-state index in [2.05, 4.69) is 14.9 Å². The van der Waals surface area contributed by atoms with Crippen molar-refractivity contribution in [2.75, 3.05) is 4.72 Å². The molecule has 0 radical (unpaired) electrons. The highest BCUT2D eigenvalue weighted by Gasteiger charge is 2.15. The van der Waals surface area contributed by atoms with Crippen LogP contribution in [-0.2, 0) is 14.8 Å². The van der Waals surface area contributed by atoms with E-state index in [4.69, 9.17) is 5.11 Å². The second-order valence-electron chi connectivity index (χ2n) is 3.95. The van der Waals surface area contributed by atoms with Gasteiger partial charge in [-0.2, -0.15) is 5.10 Å². The van der Waals surface area contributed by atoms with Gasteiger partial charge in [-0.15, -0.1) is 0 Å². The molecule has 0 saturated carbocycles. The van der Waals surface area contributed by atoms with Crippen LogP contribution in [0.2, 0.25) is 0 Å². The lowest BCUT2D eigenvalue weighted by Crippen LogP contribution is -2.12. The van der Waals surface area contributed by atoms with Crippen molar-refractivity contribution >= 4 is 27.8 Å². The number of carbonyl (C=O) groups is 1. The fraction of sp³-hybridized carbons (Fsp3) is 0. The summed E-state index contributed by atoms with van der Waals surface area (Å²) in [5.41, 5.74) is 0.0461. The predicted molar refractivity (Wildman–Crippen MR) is 72.5 cm³/mol. The lowest BCUT2D eigenvalue weighted by molar-refractivity contribution is -0.131. The summed E-state index contributed by atoms with van der Waals surface area (Å²) in [6.45, 7) is 0. The minimum Gasteiger partial charge on any atom is -0.478 e. The van der Waals surface area contributed by atoms with Crippen LogP contribution >= 0.6 is 0 Å². The molecule has 1 heterocycles. The number of H-pyrrole nitrogens is 1. The Balaban J connectivity index is 2.23. The lowest BCUT2D eigenvalue weighted by Gasteiger charge is -2.07. The standard InChI is InChI=1S/C12H10FN3O4S/c13-11-5-9(3-1-8(11)2-4-12(17)18)16-21(19,20)10-6-14-15-7-10/h1-7,16H,(H,14,15)(H,17,18). The number of anilines is 1. The smallest absolute Gasteiger partial charge is 0.328 e. The van der Waals surface area contributed by atoms with Gasteiger partial charge in [0.15, 0.2) is 0 Å². The van der Waals surface area contributed by atoms with Gasteiger partial charge in [0.25, 0.3) is 10.0 Å². The zero-order valence-corrected chi connectivity index (χ0v) is 11.3. The molecule has 0 saturated heterocycles. The van der Waals surface area contributed by atoms with Crippen LogP contribution in [-0.4, -0.2) is 29.7 Å². The van der Waals surface area contributed by atoms with Gasteiger partial charge in [-0.05, 0) is 24.3 Å². The van der Waals surface area contributed by atoms with Crippen LogP contribution < -0.4 is 4.72 Å². The maximum Gasteiger partial charge on any atom is 0.328 e. The molecule has 1 aromatic heterocycles. The Kier molecular flexibility index (Phi) is 4.03. The highest BCUT2D eigenvalue weighted by molar-refractivity contribution is 7.92. The summed E-state index contributed by atoms with van der Waals surface area (Å²) >= 11 is 0. The summed E-state index contributed by atoms with van der Waals surface area (Å²) in [5.74, 6) is -1.96. The Morgan fingerprint density at radius 3 is 2.76 bits per heavy atom. The van der Waals surface area contributed by atoms with Crippen molar-refractivity contribution in [3.8, 4) is 0 Å². The van der Waals surface area contributed by atoms with Crippen molar-refractivity contribution in [2.24, 2.45) is 0 Å². The molecule has 2 aromatic rings. The molecular formula is C12H10FN3O4S. The van der Waals surface area contributed by atoms with Crippen molar-refractivity contribution in [2.45, 2.75) is 4.90 Å². The largest absolute Gasteiger partial charge is 0.478 e. The van der Waals surface area contributed by atoms with Gasteiger partial charge in [0.2, 0.25) is 0 Å². The molecule has 0 atom stereocenters. The Hall–Kier alpha value is -2.68. The van der Waals surface area contributed by atoms with Crippen LogP contribution in [0.15, 0.2) is 41.6 Å². The Morgan fingerprint density at radius 2 is 2.19 bits per heavy atom. The van der Waals surface area contributed by atoms with E-state index in [0.29, 0.717) is 0 Å². The highest BCUT2D eigenvalue weighted by Crippen LogP contribution is 2.19. The molecule has 0 aliphatic heterocycles. The van der Waals surface area contributed by atoms with E-state index < -0.39 is 21.8 Å². The van der Waals surface area contributed by atoms with E-state index >= 15 is 0 Å². The number of aromatic amines is 1. The number of aromatic nitrogens is 2. The molecule has 0 spiro atoms. The van der Waals surface area contributed by atoms with Gasteiger partial charge in [-0.1, -0.05) is 0 Å². The molecule has 21 heavy (non-hydrogen) atoms. The van der Waals surface area contributed by atoms with Gasteiger partial charge < -0.3 is 5.11 Å². The SMILES string of the molecule is O=C(O)C=Cc1ccc(NS(=O)(=O)c2cn[nH]c2)cc1F. The van der Waals surface area contributed by atoms with E-state index in [1.54, 1.807) is 0 Å². The Morgan fingerprint density at radius 1 is 1.43 bits per heavy atom. The molecule has 1 aromatic carbocycles. The number of nitrogens with one attached hydrogen (secondary N) is 2. The molecule has 0 unspecified atom stereocenters. The number of hydrogen-bond acceptors (Lipinski definition) is 4. The number of carboxylic acids is 1. The summed E-state index contributed by atoms with van der Waals surface area (Å²) in [6, 6.07) is 3.55. The molecule has 0 aliphatic rings. The van der Waals surface area contributed by atoms with Crippen LogP contribution in [0.4, 0.5) is 10.1 Å². The molecule has 0 bridgehead atoms. The maximum absolute atomic E-state index is 13.7. The van der Waals surface area contributed by atoms with Gasteiger partial charge in [0.1, 0.15) is 10.7 Å². The first kappa shape index (κ1) is 14.7. The third kappa shape index (κ3) is 3.66. The number of sulfonamides is 1. The molecule has 7 nitrogen and oxygen atoms in total. The van der Waals surface area contributed by atoms with Gasteiger partial charge in [-0.3, -0.25) is 9.82 Å². The first-order chi connectivity index (χ1) is 9.88. The molecule has 0 fully saturated rings. The van der Waals surface area contributed by atoms with Crippen LogP contribution in [0, 0.1) is 5.82 Å². The lowest BCUT2D eigenvalue weighted by atomic mass is 10.2. The van der Waals surface area contributed by atoms with Crippen molar-refractivity contribution in [1.29, 1.82) is 0 Å². The van der Waals surface area contributed by atoms with Crippen LogP contribution in [0.3, 0.4) is 0 Å². The second-order valence-corrected chi connectivity index (χ2v) is 5.63. The second kappa shape index (κ2) is 5.75. The number of aliphatic carboxylic acids is 1. The van der Waals surface area contributed by atoms with Gasteiger partial charge in [0, 0.05) is 17.8 Å². The molecule has 2 rings (SSSR count). The average molecular weight is 311 g/mol. The fourth-order valence-electron chi connectivity index (χ4n) is 1.49. The zero-order valence-electron chi connectivity index (χ0n) is 10.4. The number of nitrogens with zero attached hydrogens (tertiary/aromatic N) is 1. The molecule has 110 valence electrons. The third-order valence-electron chi connectivity index (χ3n) is 2.44. The predicted octanol–water partition coefficient (Wildman–Crippen LogP) is 1.45. The molecule has 9 heteroatoms. The molecule has 0 aliphatic carbocycles. The summed E-state index contributed by atoms with van der Waals surface area (Å²) in [7, 11) is -3.85. The number of halogens is 1. The first-order valence-corrected chi connectivity index (χ1v) is 7.09. The summed E-state index contributed by atoms with van der Waals surface area (Å²) in [6.07, 6.45) is 4.16. The quantitative estimate of drug-likeness (QED) is 0.723. The van der Waals surface area contributed by atoms with Crippen LogP contribution in [0.25, 0.3) is 6.08 Å². The van der Waals surface area contributed by atoms with Gasteiger partial charge in [-0.25, -0.2) is 17.6 Å². The normalized spacial score (nSPS) is 11.7. The Labute approximate surface area is 119 Å². The van der Waals surface area contributed by atoms with Crippen LogP contribution in [0.1, 0.15) is 5.56 Å². The number of hydrogen-bond donors (Lipinski definition) is 3. The molecule has 3 N–H and O–H groups in total. The Bertz CT molecular complexity index is 785. The number of rotatable bonds is 5. The van der Waals surface area contributed by atoms with E-state index in [1.165, 1.54) is 18.3 Å². The molecule has 0 amide bonds. The van der Waals surface area contributed by atoms with Crippen molar-refractivity contribution in [3.63, 3.8) is 0 Å². The van der Waals surface area contributed by atoms with E-state index in [0.717, 1.165) is 24.4 Å². The highest BCUT2D eigenvalue weighted by atomic mass is 32.2. The summed E-state index contributed by atoms with van der Waals surface area (Å²) < 4.78 is 39.7. The average Bonchev–Trinajstić information content (AvgIpc) is 2.91. The molecular weight excluding hydrogens is 301 g/mol. The number of benzene rings is 1. The van der Waals surface area contributed by atoms with Crippen molar-refractivity contribution in [1.82, 2.24) is 10.2 Å². The third-order valence-corrected chi connectivity index (χ3v) is 3.79. The van der Waals surface area contributed by atoms with Crippen molar-refractivity contribution in [3.05, 3.63) is 48.0 Å². The minimum absolute atomic E-state index is 0.0150. The van der Waals surface area contributed by atoms with Gasteiger partial charge >= 0.3 is 5.97 Å². The van der Waals surface area contributed by atoms with E-state index in [-0.39, 0.29) is 16.1 Å². The zero-order chi connectivity index (χ0) is 15.5. The topological polar surface area (TPSA) is 112 Å². The minimum atomic E-state index is -3.85. The first-order valence-electron chi connectivity index (χ1n) is 5.60. The van der Waals surface area contributed by atoms with Crippen LogP contribution in [0.5, 0.6) is 0 Å². The maximum atomic E-state index is 13.7. The monoisotopic (exact) mass is 311 g/mol. The van der Waals surface area contributed by atoms with E-state index in [9.17, 15) is 17.6 Å². The van der Waals surface area contributed by atoms with E-state index in [1.807, 2.05) is 0 Å². The fourth-order valence-corrected chi connectivity index (χ4v) is 2.44. The summed E-state index contributed by atoms with van der Waals surface area (Å²) in [4.78, 5) is 10.3. The number of carboxylic acid groups (broad SMARTS) is 1. The summed E-state index contributed by atoms with van der Waals surface area (Å²) in [5, 5.41) is 14.4.